The van der Waals surface area contributed by atoms with Crippen molar-refractivity contribution in [3.05, 3.63) is 96.6 Å². The number of para-hydroxylation sites is 2. The van der Waals surface area contributed by atoms with E-state index < -0.39 is 0 Å². The van der Waals surface area contributed by atoms with Gasteiger partial charge in [-0.3, -0.25) is 9.59 Å². The highest BCUT2D eigenvalue weighted by Crippen LogP contribution is 2.24. The molecular weight excluding hydrogens is 600 g/mol. The number of methoxy groups -OCH3 is 1. The molecule has 2 fully saturated rings. The Morgan fingerprint density at radius 1 is 0.688 bits per heavy atom. The molecule has 0 N–H and O–H groups in total. The summed E-state index contributed by atoms with van der Waals surface area (Å²) in [5, 5.41) is 0. The van der Waals surface area contributed by atoms with Gasteiger partial charge in [0.25, 0.3) is 0 Å². The third-order valence-electron chi connectivity index (χ3n) is 9.34. The van der Waals surface area contributed by atoms with E-state index >= 15 is 0 Å². The maximum Gasteiger partial charge on any atom is 0.409 e. The molecule has 2 heterocycles. The minimum Gasteiger partial charge on any atom is -0.453 e. The lowest BCUT2D eigenvalue weighted by atomic mass is 9.96. The summed E-state index contributed by atoms with van der Waals surface area (Å²) < 4.78 is 4.80. The molecule has 48 heavy (non-hydrogen) atoms. The molecular formula is C40H54N4O4. The van der Waals surface area contributed by atoms with Crippen LogP contribution in [0.5, 0.6) is 0 Å². The molecule has 5 rings (SSSR count). The quantitative estimate of drug-likeness (QED) is 0.217. The summed E-state index contributed by atoms with van der Waals surface area (Å²) in [4.78, 5) is 44.6. The maximum atomic E-state index is 12.5. The Morgan fingerprint density at radius 3 is 1.67 bits per heavy atom. The Bertz CT molecular complexity index is 1390. The molecule has 2 unspecified atom stereocenters. The van der Waals surface area contributed by atoms with Crippen LogP contribution in [0.15, 0.2) is 91.0 Å². The zero-order chi connectivity index (χ0) is 34.1. The molecule has 2 aliphatic heterocycles. The lowest BCUT2D eigenvalue weighted by Gasteiger charge is -2.35. The van der Waals surface area contributed by atoms with Crippen molar-refractivity contribution in [2.24, 2.45) is 11.8 Å². The topological polar surface area (TPSA) is 73.4 Å². The fourth-order valence-corrected chi connectivity index (χ4v) is 6.76. The first kappa shape index (κ1) is 36.7. The number of anilines is 2. The molecule has 8 heteroatoms. The number of rotatable bonds is 11. The average molecular weight is 655 g/mol. The van der Waals surface area contributed by atoms with E-state index in [-0.39, 0.29) is 23.8 Å². The summed E-state index contributed by atoms with van der Waals surface area (Å²) in [5.74, 6) is 1.16. The smallest absolute Gasteiger partial charge is 0.409 e. The number of nitrogens with zero attached hydrogens (tertiary/aromatic N) is 4. The number of piperidine rings is 2. The summed E-state index contributed by atoms with van der Waals surface area (Å²) in [6.07, 6.45) is 6.25. The van der Waals surface area contributed by atoms with Crippen LogP contribution in [0.4, 0.5) is 16.2 Å². The Hall–Kier alpha value is -4.17. The van der Waals surface area contributed by atoms with E-state index in [9.17, 15) is 14.4 Å². The zero-order valence-electron chi connectivity index (χ0n) is 29.1. The van der Waals surface area contributed by atoms with Gasteiger partial charge in [-0.1, -0.05) is 80.6 Å². The molecule has 3 aromatic rings. The van der Waals surface area contributed by atoms with Gasteiger partial charge >= 0.3 is 6.09 Å². The third-order valence-corrected chi connectivity index (χ3v) is 9.34. The number of benzene rings is 3. The van der Waals surface area contributed by atoms with Gasteiger partial charge in [-0.15, -0.1) is 0 Å². The van der Waals surface area contributed by atoms with Gasteiger partial charge in [0.15, 0.2) is 0 Å². The van der Waals surface area contributed by atoms with E-state index in [2.05, 4.69) is 35.2 Å². The summed E-state index contributed by atoms with van der Waals surface area (Å²) in [6.45, 7) is 10.0. The number of likely N-dealkylation sites (tertiary alicyclic amines) is 2. The first-order valence-electron chi connectivity index (χ1n) is 17.7. The molecule has 3 amide bonds. The standard InChI is InChI=1S/C23H30N2O.C17H24N2O3/c1-2-23(26)25(22-13-7-4-8-14-22)19-21-12-9-16-24(18-21)17-15-20-10-5-3-6-11-20;1-3-16(20)19(15-9-5-4-6-10-15)13-14-8-7-11-18(12-14)17(21)22-2/h3-8,10-11,13-14,21H,2,9,12,15-19H2,1H3;4-6,9-10,14H,3,7-8,11-13H2,1-2H3. The number of ether oxygens (including phenoxy) is 1. The van der Waals surface area contributed by atoms with Crippen molar-refractivity contribution in [2.45, 2.75) is 58.8 Å². The first-order chi connectivity index (χ1) is 23.4. The van der Waals surface area contributed by atoms with Crippen molar-refractivity contribution in [1.82, 2.24) is 9.80 Å². The van der Waals surface area contributed by atoms with Crippen molar-refractivity contribution in [3.63, 3.8) is 0 Å². The largest absolute Gasteiger partial charge is 0.453 e. The van der Waals surface area contributed by atoms with E-state index in [1.807, 2.05) is 84.3 Å². The molecule has 0 aromatic heterocycles. The van der Waals surface area contributed by atoms with Gasteiger partial charge in [0, 0.05) is 63.5 Å². The molecule has 2 aliphatic rings. The second-order valence-electron chi connectivity index (χ2n) is 12.9. The number of amides is 3. The predicted molar refractivity (Wildman–Crippen MR) is 194 cm³/mol. The van der Waals surface area contributed by atoms with Crippen molar-refractivity contribution < 1.29 is 19.1 Å². The van der Waals surface area contributed by atoms with Crippen LogP contribution in [0.3, 0.4) is 0 Å². The monoisotopic (exact) mass is 654 g/mol. The molecule has 0 radical (unpaired) electrons. The second kappa shape index (κ2) is 19.6. The van der Waals surface area contributed by atoms with Crippen LogP contribution in [0, 0.1) is 11.8 Å². The normalized spacial score (nSPS) is 17.9. The Morgan fingerprint density at radius 2 is 1.17 bits per heavy atom. The highest BCUT2D eigenvalue weighted by atomic mass is 16.5. The molecule has 8 nitrogen and oxygen atoms in total. The van der Waals surface area contributed by atoms with E-state index in [4.69, 9.17) is 4.74 Å². The van der Waals surface area contributed by atoms with Crippen LogP contribution in [-0.4, -0.2) is 80.6 Å². The molecule has 2 saturated heterocycles. The van der Waals surface area contributed by atoms with E-state index in [0.717, 1.165) is 56.8 Å². The predicted octanol–water partition coefficient (Wildman–Crippen LogP) is 7.29. The summed E-state index contributed by atoms with van der Waals surface area (Å²) in [7, 11) is 1.41. The van der Waals surface area contributed by atoms with E-state index in [0.29, 0.717) is 31.8 Å². The molecule has 0 bridgehead atoms. The van der Waals surface area contributed by atoms with Gasteiger partial charge < -0.3 is 24.3 Å². The lowest BCUT2D eigenvalue weighted by Crippen LogP contribution is -2.45. The SMILES string of the molecule is CCC(=O)N(CC1CCCN(C(=O)OC)C1)c1ccccc1.CCC(=O)N(CC1CCCN(CCc2ccccc2)C1)c1ccccc1. The summed E-state index contributed by atoms with van der Waals surface area (Å²) in [5.41, 5.74) is 3.35. The Kier molecular flexibility index (Phi) is 15.0. The van der Waals surface area contributed by atoms with Crippen LogP contribution >= 0.6 is 0 Å². The van der Waals surface area contributed by atoms with Gasteiger partial charge in [-0.05, 0) is 80.3 Å². The van der Waals surface area contributed by atoms with Gasteiger partial charge in [0.2, 0.25) is 11.8 Å². The maximum absolute atomic E-state index is 12.5. The minimum atomic E-state index is -0.280. The summed E-state index contributed by atoms with van der Waals surface area (Å²) >= 11 is 0. The van der Waals surface area contributed by atoms with Gasteiger partial charge in [0.05, 0.1) is 7.11 Å². The van der Waals surface area contributed by atoms with Gasteiger partial charge in [0.1, 0.15) is 0 Å². The lowest BCUT2D eigenvalue weighted by molar-refractivity contribution is -0.119. The molecule has 2 atom stereocenters. The van der Waals surface area contributed by atoms with Crippen LogP contribution in [0.2, 0.25) is 0 Å². The zero-order valence-corrected chi connectivity index (χ0v) is 29.1. The fraction of sp³-hybridized carbons (Fsp3) is 0.475. The van der Waals surface area contributed by atoms with Crippen LogP contribution in [-0.2, 0) is 20.7 Å². The fourth-order valence-electron chi connectivity index (χ4n) is 6.76. The van der Waals surface area contributed by atoms with Crippen molar-refractivity contribution in [3.8, 4) is 0 Å². The number of carbonyl (C=O) groups is 3. The van der Waals surface area contributed by atoms with Crippen molar-refractivity contribution in [2.75, 3.05) is 62.7 Å². The molecule has 3 aromatic carbocycles. The highest BCUT2D eigenvalue weighted by Gasteiger charge is 2.28. The Labute approximate surface area is 287 Å². The minimum absolute atomic E-state index is 0.112. The molecule has 0 saturated carbocycles. The molecule has 0 spiro atoms. The Balaban J connectivity index is 0.000000220. The average Bonchev–Trinajstić information content (AvgIpc) is 3.16. The van der Waals surface area contributed by atoms with Gasteiger partial charge in [-0.2, -0.15) is 0 Å². The van der Waals surface area contributed by atoms with E-state index in [1.165, 1.54) is 32.1 Å². The van der Waals surface area contributed by atoms with Gasteiger partial charge in [-0.25, -0.2) is 4.79 Å². The van der Waals surface area contributed by atoms with Crippen LogP contribution in [0.1, 0.15) is 57.9 Å². The summed E-state index contributed by atoms with van der Waals surface area (Å²) in [6, 6.07) is 30.6. The highest BCUT2D eigenvalue weighted by molar-refractivity contribution is 5.93. The van der Waals surface area contributed by atoms with E-state index in [1.54, 1.807) is 4.90 Å². The molecule has 258 valence electrons. The van der Waals surface area contributed by atoms with Crippen molar-refractivity contribution in [1.29, 1.82) is 0 Å². The first-order valence-corrected chi connectivity index (χ1v) is 17.7. The third kappa shape index (κ3) is 11.2. The van der Waals surface area contributed by atoms with Crippen LogP contribution < -0.4 is 9.80 Å². The number of hydrogen-bond donors (Lipinski definition) is 0. The molecule has 0 aliphatic carbocycles. The number of carbonyl (C=O) groups excluding carboxylic acids is 3. The second-order valence-corrected chi connectivity index (χ2v) is 12.9. The van der Waals surface area contributed by atoms with Crippen molar-refractivity contribution >= 4 is 29.3 Å². The number of hydrogen-bond acceptors (Lipinski definition) is 5. The van der Waals surface area contributed by atoms with Crippen LogP contribution in [0.25, 0.3) is 0 Å².